The van der Waals surface area contributed by atoms with Gasteiger partial charge in [0.25, 0.3) is 0 Å². The Hall–Kier alpha value is -2.56. The predicted octanol–water partition coefficient (Wildman–Crippen LogP) is 5.20. The SMILES string of the molecule is O=C1Oc2ccccc2C1c1cnc(/C=C/c2cc(Cl)ccc2Cl)o1. The molecule has 0 spiro atoms. The molecule has 1 aliphatic rings. The largest absolute Gasteiger partial charge is 0.441 e. The average molecular weight is 372 g/mol. The van der Waals surface area contributed by atoms with Crippen LogP contribution in [0.3, 0.4) is 0 Å². The summed E-state index contributed by atoms with van der Waals surface area (Å²) < 4.78 is 11.0. The second kappa shape index (κ2) is 6.39. The van der Waals surface area contributed by atoms with E-state index in [1.54, 1.807) is 36.4 Å². The third-order valence-corrected chi connectivity index (χ3v) is 4.45. The van der Waals surface area contributed by atoms with Crippen molar-refractivity contribution in [1.82, 2.24) is 4.98 Å². The molecule has 4 nitrogen and oxygen atoms in total. The highest BCUT2D eigenvalue weighted by molar-refractivity contribution is 6.34. The van der Waals surface area contributed by atoms with Gasteiger partial charge in [-0.15, -0.1) is 0 Å². The van der Waals surface area contributed by atoms with Gasteiger partial charge in [0, 0.05) is 21.7 Å². The summed E-state index contributed by atoms with van der Waals surface area (Å²) in [4.78, 5) is 16.3. The fourth-order valence-electron chi connectivity index (χ4n) is 2.69. The van der Waals surface area contributed by atoms with Gasteiger partial charge in [-0.05, 0) is 35.9 Å². The van der Waals surface area contributed by atoms with Gasteiger partial charge in [0.1, 0.15) is 17.4 Å². The number of esters is 1. The number of para-hydroxylation sites is 1. The molecule has 2 aromatic carbocycles. The van der Waals surface area contributed by atoms with E-state index in [9.17, 15) is 4.79 Å². The maximum absolute atomic E-state index is 12.1. The molecule has 6 heteroatoms. The highest BCUT2D eigenvalue weighted by atomic mass is 35.5. The maximum Gasteiger partial charge on any atom is 0.326 e. The van der Waals surface area contributed by atoms with Crippen LogP contribution in [0.25, 0.3) is 12.2 Å². The van der Waals surface area contributed by atoms with Gasteiger partial charge in [-0.2, -0.15) is 0 Å². The highest BCUT2D eigenvalue weighted by Crippen LogP contribution is 2.39. The number of fused-ring (bicyclic) bond motifs is 1. The number of ether oxygens (including phenoxy) is 1. The first kappa shape index (κ1) is 15.9. The minimum absolute atomic E-state index is 0.364. The summed E-state index contributed by atoms with van der Waals surface area (Å²) in [6.07, 6.45) is 4.96. The molecular weight excluding hydrogens is 361 g/mol. The highest BCUT2D eigenvalue weighted by Gasteiger charge is 2.36. The van der Waals surface area contributed by atoms with E-state index in [1.807, 2.05) is 18.2 Å². The van der Waals surface area contributed by atoms with Crippen molar-refractivity contribution in [3.63, 3.8) is 0 Å². The number of halogens is 2. The predicted molar refractivity (Wildman–Crippen MR) is 95.8 cm³/mol. The third kappa shape index (κ3) is 3.06. The molecule has 0 aliphatic carbocycles. The normalized spacial score (nSPS) is 16.2. The van der Waals surface area contributed by atoms with E-state index in [2.05, 4.69) is 4.98 Å². The molecule has 2 heterocycles. The van der Waals surface area contributed by atoms with Crippen LogP contribution >= 0.6 is 23.2 Å². The van der Waals surface area contributed by atoms with Crippen molar-refractivity contribution in [2.45, 2.75) is 5.92 Å². The van der Waals surface area contributed by atoms with Crippen LogP contribution in [-0.2, 0) is 4.79 Å². The van der Waals surface area contributed by atoms with Crippen LogP contribution in [-0.4, -0.2) is 11.0 Å². The summed E-state index contributed by atoms with van der Waals surface area (Å²) in [6, 6.07) is 12.4. The molecule has 0 saturated carbocycles. The fourth-order valence-corrected chi connectivity index (χ4v) is 3.05. The average Bonchev–Trinajstić information content (AvgIpc) is 3.18. The first-order chi connectivity index (χ1) is 12.1. The molecule has 0 N–H and O–H groups in total. The first-order valence-electron chi connectivity index (χ1n) is 7.51. The van der Waals surface area contributed by atoms with Crippen molar-refractivity contribution in [3.05, 3.63) is 81.5 Å². The van der Waals surface area contributed by atoms with E-state index in [4.69, 9.17) is 32.4 Å². The van der Waals surface area contributed by atoms with Crippen LogP contribution in [0.5, 0.6) is 5.75 Å². The van der Waals surface area contributed by atoms with Crippen LogP contribution in [0.1, 0.15) is 28.7 Å². The Morgan fingerprint density at radius 3 is 2.80 bits per heavy atom. The number of aromatic nitrogens is 1. The van der Waals surface area contributed by atoms with Gasteiger partial charge in [-0.3, -0.25) is 4.79 Å². The molecule has 1 unspecified atom stereocenters. The van der Waals surface area contributed by atoms with Gasteiger partial charge in [-0.1, -0.05) is 41.4 Å². The lowest BCUT2D eigenvalue weighted by molar-refractivity contribution is -0.133. The molecule has 0 bridgehead atoms. The molecule has 3 aromatic rings. The van der Waals surface area contributed by atoms with E-state index in [-0.39, 0.29) is 5.97 Å². The fraction of sp³-hybridized carbons (Fsp3) is 0.0526. The molecule has 1 aliphatic heterocycles. The molecule has 0 amide bonds. The lowest BCUT2D eigenvalue weighted by Crippen LogP contribution is -2.10. The minimum atomic E-state index is -0.597. The number of rotatable bonds is 3. The number of carbonyl (C=O) groups excluding carboxylic acids is 1. The number of oxazole rings is 1. The van der Waals surface area contributed by atoms with E-state index >= 15 is 0 Å². The van der Waals surface area contributed by atoms with Crippen molar-refractivity contribution in [1.29, 1.82) is 0 Å². The Morgan fingerprint density at radius 1 is 1.08 bits per heavy atom. The Balaban J connectivity index is 1.62. The molecule has 124 valence electrons. The van der Waals surface area contributed by atoms with Gasteiger partial charge in [0.05, 0.1) is 6.20 Å². The molecule has 25 heavy (non-hydrogen) atoms. The smallest absolute Gasteiger partial charge is 0.326 e. The summed E-state index contributed by atoms with van der Waals surface area (Å²) in [6.45, 7) is 0. The second-order valence-electron chi connectivity index (χ2n) is 5.49. The Morgan fingerprint density at radius 2 is 1.92 bits per heavy atom. The number of carbonyl (C=O) groups is 1. The number of nitrogens with zero attached hydrogens (tertiary/aromatic N) is 1. The zero-order valence-corrected chi connectivity index (χ0v) is 14.3. The topological polar surface area (TPSA) is 52.3 Å². The van der Waals surface area contributed by atoms with Gasteiger partial charge in [-0.25, -0.2) is 4.98 Å². The standard InChI is InChI=1S/C19H11Cl2NO3/c20-12-6-7-14(21)11(9-12)5-8-17-22-10-16(24-17)18-13-3-1-2-4-15(13)25-19(18)23/h1-10,18H/b8-5+. The summed E-state index contributed by atoms with van der Waals surface area (Å²) >= 11 is 12.1. The van der Waals surface area contributed by atoms with E-state index in [0.717, 1.165) is 11.1 Å². The molecule has 1 aromatic heterocycles. The maximum atomic E-state index is 12.1. The number of hydrogen-bond acceptors (Lipinski definition) is 4. The van der Waals surface area contributed by atoms with Crippen LogP contribution < -0.4 is 4.74 Å². The number of benzene rings is 2. The minimum Gasteiger partial charge on any atom is -0.441 e. The Kier molecular flexibility index (Phi) is 4.07. The van der Waals surface area contributed by atoms with Gasteiger partial charge in [0.15, 0.2) is 0 Å². The van der Waals surface area contributed by atoms with Crippen molar-refractivity contribution in [2.75, 3.05) is 0 Å². The molecule has 0 saturated heterocycles. The zero-order valence-electron chi connectivity index (χ0n) is 12.8. The van der Waals surface area contributed by atoms with E-state index in [0.29, 0.717) is 27.4 Å². The van der Waals surface area contributed by atoms with Crippen molar-refractivity contribution < 1.29 is 13.9 Å². The zero-order chi connectivity index (χ0) is 17.4. The molecule has 0 radical (unpaired) electrons. The molecule has 1 atom stereocenters. The van der Waals surface area contributed by atoms with Gasteiger partial charge in [0.2, 0.25) is 5.89 Å². The van der Waals surface area contributed by atoms with Crippen molar-refractivity contribution in [3.8, 4) is 5.75 Å². The van der Waals surface area contributed by atoms with Gasteiger partial charge >= 0.3 is 5.97 Å². The molecular formula is C19H11Cl2NO3. The molecule has 4 rings (SSSR count). The summed E-state index contributed by atoms with van der Waals surface area (Å²) in [5.74, 6) is 0.387. The molecule has 0 fully saturated rings. The third-order valence-electron chi connectivity index (χ3n) is 3.87. The van der Waals surface area contributed by atoms with E-state index in [1.165, 1.54) is 6.20 Å². The lowest BCUT2D eigenvalue weighted by Gasteiger charge is -2.01. The monoisotopic (exact) mass is 371 g/mol. The first-order valence-corrected chi connectivity index (χ1v) is 8.27. The van der Waals surface area contributed by atoms with Crippen LogP contribution in [0, 0.1) is 0 Å². The quantitative estimate of drug-likeness (QED) is 0.468. The van der Waals surface area contributed by atoms with E-state index < -0.39 is 5.92 Å². The Labute approximate surface area is 153 Å². The lowest BCUT2D eigenvalue weighted by atomic mass is 9.99. The van der Waals surface area contributed by atoms with Crippen LogP contribution in [0.4, 0.5) is 0 Å². The van der Waals surface area contributed by atoms with Crippen LogP contribution in [0.15, 0.2) is 53.1 Å². The summed E-state index contributed by atoms with van der Waals surface area (Å²) in [7, 11) is 0. The number of hydrogen-bond donors (Lipinski definition) is 0. The van der Waals surface area contributed by atoms with Crippen molar-refractivity contribution >= 4 is 41.3 Å². The summed E-state index contributed by atoms with van der Waals surface area (Å²) in [5, 5.41) is 1.16. The Bertz CT molecular complexity index is 994. The van der Waals surface area contributed by atoms with Gasteiger partial charge < -0.3 is 9.15 Å². The van der Waals surface area contributed by atoms with Crippen molar-refractivity contribution in [2.24, 2.45) is 0 Å². The summed E-state index contributed by atoms with van der Waals surface area (Å²) in [5.41, 5.74) is 1.52. The van der Waals surface area contributed by atoms with Crippen LogP contribution in [0.2, 0.25) is 10.0 Å². The second-order valence-corrected chi connectivity index (χ2v) is 6.34.